The first-order valence-electron chi connectivity index (χ1n) is 8.06. The van der Waals surface area contributed by atoms with Crippen LogP contribution >= 0.6 is 15.9 Å². The van der Waals surface area contributed by atoms with Gasteiger partial charge in [-0.2, -0.15) is 0 Å². The zero-order valence-electron chi connectivity index (χ0n) is 13.5. The number of hydrogen-bond acceptors (Lipinski definition) is 0. The van der Waals surface area contributed by atoms with E-state index in [-0.39, 0.29) is 0 Å². The average molecular weight is 337 g/mol. The van der Waals surface area contributed by atoms with E-state index in [1.165, 1.54) is 43.2 Å². The second-order valence-electron chi connectivity index (χ2n) is 7.68. The lowest BCUT2D eigenvalue weighted by Gasteiger charge is -2.38. The summed E-state index contributed by atoms with van der Waals surface area (Å²) in [5.74, 6) is 1.77. The van der Waals surface area contributed by atoms with Gasteiger partial charge < -0.3 is 0 Å². The standard InChI is InChI=1S/C19H29Br/c1-14-5-7-15(8-6-14)13-18(20)16-9-11-17(12-10-16)19(2,3)4/h5-8,16-18H,9-13H2,1-4H3. The molecule has 1 aliphatic rings. The first-order valence-corrected chi connectivity index (χ1v) is 8.97. The van der Waals surface area contributed by atoms with Crippen molar-refractivity contribution in [3.63, 3.8) is 0 Å². The van der Waals surface area contributed by atoms with E-state index in [4.69, 9.17) is 0 Å². The topological polar surface area (TPSA) is 0 Å². The van der Waals surface area contributed by atoms with Gasteiger partial charge in [-0.05, 0) is 61.8 Å². The van der Waals surface area contributed by atoms with Crippen molar-refractivity contribution >= 4 is 15.9 Å². The second kappa shape index (κ2) is 6.64. The summed E-state index contributed by atoms with van der Waals surface area (Å²) < 4.78 is 0. The summed E-state index contributed by atoms with van der Waals surface area (Å²) in [5.41, 5.74) is 3.31. The van der Waals surface area contributed by atoms with Crippen LogP contribution in [-0.2, 0) is 6.42 Å². The van der Waals surface area contributed by atoms with Gasteiger partial charge in [-0.1, -0.05) is 66.5 Å². The van der Waals surface area contributed by atoms with E-state index in [0.29, 0.717) is 10.2 Å². The summed E-state index contributed by atoms with van der Waals surface area (Å²) in [6.07, 6.45) is 6.77. The second-order valence-corrected chi connectivity index (χ2v) is 8.86. The van der Waals surface area contributed by atoms with Gasteiger partial charge in [-0.3, -0.25) is 0 Å². The molecule has 0 spiro atoms. The number of benzene rings is 1. The van der Waals surface area contributed by atoms with E-state index in [1.807, 2.05) is 0 Å². The molecule has 1 saturated carbocycles. The van der Waals surface area contributed by atoms with Gasteiger partial charge in [0.05, 0.1) is 0 Å². The molecule has 1 aliphatic carbocycles. The molecule has 2 rings (SSSR count). The van der Waals surface area contributed by atoms with Gasteiger partial charge in [-0.25, -0.2) is 0 Å². The Morgan fingerprint density at radius 2 is 1.60 bits per heavy atom. The highest BCUT2D eigenvalue weighted by atomic mass is 79.9. The lowest BCUT2D eigenvalue weighted by Crippen LogP contribution is -2.29. The number of alkyl halides is 1. The monoisotopic (exact) mass is 336 g/mol. The quantitative estimate of drug-likeness (QED) is 0.580. The van der Waals surface area contributed by atoms with Crippen LogP contribution in [0.2, 0.25) is 0 Å². The number of hydrogen-bond donors (Lipinski definition) is 0. The fourth-order valence-electron chi connectivity index (χ4n) is 3.46. The zero-order chi connectivity index (χ0) is 14.8. The Labute approximate surface area is 133 Å². The van der Waals surface area contributed by atoms with Crippen LogP contribution < -0.4 is 0 Å². The summed E-state index contributed by atoms with van der Waals surface area (Å²) in [6.45, 7) is 9.35. The molecule has 0 amide bonds. The van der Waals surface area contributed by atoms with E-state index in [1.54, 1.807) is 0 Å². The Bertz CT molecular complexity index is 404. The van der Waals surface area contributed by atoms with Gasteiger partial charge in [0.15, 0.2) is 0 Å². The van der Waals surface area contributed by atoms with Crippen molar-refractivity contribution in [2.75, 3.05) is 0 Å². The highest BCUT2D eigenvalue weighted by molar-refractivity contribution is 9.09. The van der Waals surface area contributed by atoms with Crippen molar-refractivity contribution in [2.24, 2.45) is 17.3 Å². The Kier molecular flexibility index (Phi) is 5.34. The SMILES string of the molecule is Cc1ccc(CC(Br)C2CCC(C(C)(C)C)CC2)cc1. The molecule has 0 N–H and O–H groups in total. The van der Waals surface area contributed by atoms with Crippen LogP contribution in [0.1, 0.15) is 57.6 Å². The molecule has 20 heavy (non-hydrogen) atoms. The minimum atomic E-state index is 0.490. The first-order chi connectivity index (χ1) is 9.36. The van der Waals surface area contributed by atoms with E-state index < -0.39 is 0 Å². The molecule has 0 aliphatic heterocycles. The van der Waals surface area contributed by atoms with Crippen molar-refractivity contribution in [2.45, 2.75) is 64.6 Å². The minimum absolute atomic E-state index is 0.490. The third-order valence-electron chi connectivity index (χ3n) is 5.06. The van der Waals surface area contributed by atoms with Gasteiger partial charge >= 0.3 is 0 Å². The Morgan fingerprint density at radius 3 is 2.10 bits per heavy atom. The molecule has 1 aromatic carbocycles. The maximum atomic E-state index is 3.97. The van der Waals surface area contributed by atoms with Crippen LogP contribution in [0.4, 0.5) is 0 Å². The van der Waals surface area contributed by atoms with Crippen molar-refractivity contribution < 1.29 is 0 Å². The van der Waals surface area contributed by atoms with Gasteiger partial charge in [0.2, 0.25) is 0 Å². The Hall–Kier alpha value is -0.300. The first kappa shape index (κ1) is 16.1. The molecule has 1 aromatic rings. The van der Waals surface area contributed by atoms with Crippen molar-refractivity contribution in [3.05, 3.63) is 35.4 Å². The predicted octanol–water partition coefficient (Wildman–Crippen LogP) is 6.15. The van der Waals surface area contributed by atoms with Gasteiger partial charge in [0, 0.05) is 4.83 Å². The molecule has 112 valence electrons. The lowest BCUT2D eigenvalue weighted by molar-refractivity contribution is 0.149. The van der Waals surface area contributed by atoms with E-state index in [0.717, 1.165) is 11.8 Å². The van der Waals surface area contributed by atoms with Crippen LogP contribution in [0.3, 0.4) is 0 Å². The third-order valence-corrected chi connectivity index (χ3v) is 6.13. The molecule has 1 fully saturated rings. The van der Waals surface area contributed by atoms with E-state index in [9.17, 15) is 0 Å². The van der Waals surface area contributed by atoms with Crippen LogP contribution in [0.5, 0.6) is 0 Å². The van der Waals surface area contributed by atoms with E-state index >= 15 is 0 Å². The number of aryl methyl sites for hydroxylation is 1. The molecule has 1 heteroatoms. The normalized spacial score (nSPS) is 25.4. The Morgan fingerprint density at radius 1 is 1.05 bits per heavy atom. The smallest absolute Gasteiger partial charge is 0.0214 e. The molecule has 1 atom stereocenters. The van der Waals surface area contributed by atoms with Crippen LogP contribution in [0.15, 0.2) is 24.3 Å². The summed E-state index contributed by atoms with van der Waals surface area (Å²) in [4.78, 5) is 0.645. The van der Waals surface area contributed by atoms with Crippen molar-refractivity contribution in [1.29, 1.82) is 0 Å². The molecule has 0 bridgehead atoms. The molecular weight excluding hydrogens is 308 g/mol. The summed E-state index contributed by atoms with van der Waals surface area (Å²) in [7, 11) is 0. The number of halogens is 1. The molecule has 0 radical (unpaired) electrons. The fourth-order valence-corrected chi connectivity index (χ4v) is 4.37. The van der Waals surface area contributed by atoms with Gasteiger partial charge in [0.25, 0.3) is 0 Å². The lowest BCUT2D eigenvalue weighted by atomic mass is 9.69. The van der Waals surface area contributed by atoms with Crippen molar-refractivity contribution in [1.82, 2.24) is 0 Å². The maximum absolute atomic E-state index is 3.97. The minimum Gasteiger partial charge on any atom is -0.0884 e. The summed E-state index contributed by atoms with van der Waals surface area (Å²) in [5, 5.41) is 0. The Balaban J connectivity index is 1.85. The molecule has 0 aromatic heterocycles. The highest BCUT2D eigenvalue weighted by Crippen LogP contribution is 2.42. The fraction of sp³-hybridized carbons (Fsp3) is 0.684. The molecule has 0 saturated heterocycles. The average Bonchev–Trinajstić information content (AvgIpc) is 2.40. The summed E-state index contributed by atoms with van der Waals surface area (Å²) >= 11 is 3.97. The molecule has 0 nitrogen and oxygen atoms in total. The zero-order valence-corrected chi connectivity index (χ0v) is 15.0. The van der Waals surface area contributed by atoms with Crippen LogP contribution in [0.25, 0.3) is 0 Å². The molecule has 0 heterocycles. The molecular formula is C19H29Br. The van der Waals surface area contributed by atoms with Crippen LogP contribution in [0, 0.1) is 24.2 Å². The van der Waals surface area contributed by atoms with Gasteiger partial charge in [0.1, 0.15) is 0 Å². The third kappa shape index (κ3) is 4.35. The number of rotatable bonds is 3. The van der Waals surface area contributed by atoms with E-state index in [2.05, 4.69) is 67.9 Å². The maximum Gasteiger partial charge on any atom is 0.0214 e. The van der Waals surface area contributed by atoms with Crippen molar-refractivity contribution in [3.8, 4) is 0 Å². The largest absolute Gasteiger partial charge is 0.0884 e. The van der Waals surface area contributed by atoms with Crippen LogP contribution in [-0.4, -0.2) is 4.83 Å². The predicted molar refractivity (Wildman–Crippen MR) is 92.5 cm³/mol. The van der Waals surface area contributed by atoms with Gasteiger partial charge in [-0.15, -0.1) is 0 Å². The highest BCUT2D eigenvalue weighted by Gasteiger charge is 2.32. The summed E-state index contributed by atoms with van der Waals surface area (Å²) in [6, 6.07) is 9.02. The molecule has 1 unspecified atom stereocenters.